The number of benzene rings is 7. The highest BCUT2D eigenvalue weighted by atomic mass is 32.1. The van der Waals surface area contributed by atoms with Crippen molar-refractivity contribution in [1.29, 1.82) is 0 Å². The van der Waals surface area contributed by atoms with Gasteiger partial charge in [-0.25, -0.2) is 0 Å². The van der Waals surface area contributed by atoms with Gasteiger partial charge in [0.25, 0.3) is 0 Å². The largest absolute Gasteiger partial charge is 0.454 e. The van der Waals surface area contributed by atoms with E-state index in [9.17, 15) is 0 Å². The van der Waals surface area contributed by atoms with Crippen LogP contribution in [0.4, 0.5) is 17.1 Å². The molecule has 9 aromatic rings. The molecule has 0 saturated carbocycles. The molecule has 1 aliphatic carbocycles. The van der Waals surface area contributed by atoms with Crippen molar-refractivity contribution in [3.8, 4) is 11.1 Å². The topological polar surface area (TPSA) is 16.4 Å². The summed E-state index contributed by atoms with van der Waals surface area (Å²) in [5.74, 6) is 0. The number of para-hydroxylation sites is 1. The number of nitrogens with zero attached hydrogens (tertiary/aromatic N) is 1. The molecule has 0 aliphatic heterocycles. The first-order valence-electron chi connectivity index (χ1n) is 15.9. The standard InChI is InChI=1S/C43H29NOS/c1-43(2)35-16-8-5-13-30(35)31-21-19-28(25-36(31)43)44(27-20-22-40-34(24-27)32-14-7-10-18-39(32)46-40)37-23-26-11-3-4-12-29(26)41-33-15-6-9-17-38(33)45-42(37)41/h3-25H,1-2H3. The van der Waals surface area contributed by atoms with E-state index in [1.807, 2.05) is 11.3 Å². The third-order valence-corrected chi connectivity index (χ3v) is 11.2. The van der Waals surface area contributed by atoms with E-state index < -0.39 is 0 Å². The summed E-state index contributed by atoms with van der Waals surface area (Å²) in [6, 6.07) is 50.9. The van der Waals surface area contributed by atoms with Crippen LogP contribution in [-0.4, -0.2) is 0 Å². The molecule has 2 nitrogen and oxygen atoms in total. The molecule has 46 heavy (non-hydrogen) atoms. The second-order valence-electron chi connectivity index (χ2n) is 12.9. The van der Waals surface area contributed by atoms with Crippen molar-refractivity contribution in [2.24, 2.45) is 0 Å². The van der Waals surface area contributed by atoms with Gasteiger partial charge in [-0.15, -0.1) is 11.3 Å². The second-order valence-corrected chi connectivity index (χ2v) is 14.0. The van der Waals surface area contributed by atoms with Crippen molar-refractivity contribution < 1.29 is 4.42 Å². The van der Waals surface area contributed by atoms with E-state index in [-0.39, 0.29) is 5.41 Å². The predicted octanol–water partition coefficient (Wildman–Crippen LogP) is 12.9. The van der Waals surface area contributed by atoms with Crippen LogP contribution in [0.15, 0.2) is 144 Å². The monoisotopic (exact) mass is 607 g/mol. The third-order valence-electron chi connectivity index (χ3n) is 10.0. The Labute approximate surface area is 270 Å². The van der Waals surface area contributed by atoms with Crippen LogP contribution in [0.3, 0.4) is 0 Å². The number of furan rings is 1. The number of fused-ring (bicyclic) bond motifs is 11. The average molecular weight is 608 g/mol. The summed E-state index contributed by atoms with van der Waals surface area (Å²) in [5, 5.41) is 7.26. The van der Waals surface area contributed by atoms with Gasteiger partial charge < -0.3 is 9.32 Å². The minimum Gasteiger partial charge on any atom is -0.454 e. The molecule has 0 spiro atoms. The van der Waals surface area contributed by atoms with Crippen LogP contribution in [0.25, 0.3) is 64.0 Å². The maximum Gasteiger partial charge on any atom is 0.160 e. The summed E-state index contributed by atoms with van der Waals surface area (Å²) in [5.41, 5.74) is 10.3. The van der Waals surface area contributed by atoms with Gasteiger partial charge in [0.2, 0.25) is 0 Å². The predicted molar refractivity (Wildman–Crippen MR) is 196 cm³/mol. The molecule has 0 fully saturated rings. The van der Waals surface area contributed by atoms with Gasteiger partial charge in [-0.05, 0) is 81.6 Å². The maximum atomic E-state index is 6.80. The Morgan fingerprint density at radius 3 is 2.13 bits per heavy atom. The molecule has 7 aromatic carbocycles. The minimum atomic E-state index is -0.112. The fraction of sp³-hybridized carbons (Fsp3) is 0.0698. The first kappa shape index (κ1) is 25.9. The summed E-state index contributed by atoms with van der Waals surface area (Å²) in [4.78, 5) is 2.42. The Morgan fingerprint density at radius 2 is 1.22 bits per heavy atom. The number of hydrogen-bond acceptors (Lipinski definition) is 3. The Bertz CT molecular complexity index is 2690. The Morgan fingerprint density at radius 1 is 0.543 bits per heavy atom. The van der Waals surface area contributed by atoms with Crippen LogP contribution in [0.1, 0.15) is 25.0 Å². The lowest BCUT2D eigenvalue weighted by Crippen LogP contribution is -2.16. The molecule has 1 aliphatic rings. The van der Waals surface area contributed by atoms with Crippen molar-refractivity contribution >= 4 is 81.3 Å². The lowest BCUT2D eigenvalue weighted by atomic mass is 9.82. The molecule has 0 amide bonds. The summed E-state index contributed by atoms with van der Waals surface area (Å²) < 4.78 is 9.41. The van der Waals surface area contributed by atoms with Crippen molar-refractivity contribution in [3.05, 3.63) is 151 Å². The van der Waals surface area contributed by atoms with Gasteiger partial charge in [0.1, 0.15) is 5.58 Å². The Balaban J connectivity index is 1.30. The van der Waals surface area contributed by atoms with Crippen LogP contribution in [0.2, 0.25) is 0 Å². The zero-order valence-corrected chi connectivity index (χ0v) is 26.4. The first-order valence-corrected chi connectivity index (χ1v) is 16.7. The molecule has 0 saturated heterocycles. The molecule has 218 valence electrons. The van der Waals surface area contributed by atoms with Gasteiger partial charge >= 0.3 is 0 Å². The van der Waals surface area contributed by atoms with Crippen molar-refractivity contribution in [1.82, 2.24) is 0 Å². The van der Waals surface area contributed by atoms with E-state index in [1.165, 1.54) is 53.2 Å². The zero-order valence-electron chi connectivity index (χ0n) is 25.5. The quantitative estimate of drug-likeness (QED) is 0.199. The molecular weight excluding hydrogens is 579 g/mol. The maximum absolute atomic E-state index is 6.80. The van der Waals surface area contributed by atoms with Crippen LogP contribution in [-0.2, 0) is 5.41 Å². The summed E-state index contributed by atoms with van der Waals surface area (Å²) in [6.07, 6.45) is 0. The molecular formula is C43H29NOS. The van der Waals surface area contributed by atoms with E-state index in [1.54, 1.807) is 0 Å². The highest BCUT2D eigenvalue weighted by Gasteiger charge is 2.36. The minimum absolute atomic E-state index is 0.112. The highest BCUT2D eigenvalue weighted by molar-refractivity contribution is 7.25. The van der Waals surface area contributed by atoms with E-state index in [0.29, 0.717) is 0 Å². The number of hydrogen-bond donors (Lipinski definition) is 0. The summed E-state index contributed by atoms with van der Waals surface area (Å²) in [6.45, 7) is 4.70. The Hall–Kier alpha value is -5.38. The van der Waals surface area contributed by atoms with E-state index in [2.05, 4.69) is 158 Å². The SMILES string of the molecule is CC1(C)c2ccccc2-c2ccc(N(c3ccc4sc5ccccc5c4c3)c3cc4ccccc4c4c3oc3ccccc34)cc21. The molecule has 0 bridgehead atoms. The molecule has 3 heteroatoms. The second kappa shape index (κ2) is 9.32. The van der Waals surface area contributed by atoms with Crippen LogP contribution in [0.5, 0.6) is 0 Å². The van der Waals surface area contributed by atoms with Crippen LogP contribution >= 0.6 is 11.3 Å². The lowest BCUT2D eigenvalue weighted by molar-refractivity contribution is 0.660. The Kier molecular flexibility index (Phi) is 5.25. The summed E-state index contributed by atoms with van der Waals surface area (Å²) in [7, 11) is 0. The summed E-state index contributed by atoms with van der Waals surface area (Å²) >= 11 is 1.85. The molecule has 0 N–H and O–H groups in total. The van der Waals surface area contributed by atoms with Gasteiger partial charge in [-0.2, -0.15) is 0 Å². The van der Waals surface area contributed by atoms with Gasteiger partial charge in [-0.3, -0.25) is 0 Å². The van der Waals surface area contributed by atoms with Crippen molar-refractivity contribution in [2.75, 3.05) is 4.90 Å². The number of rotatable bonds is 3. The van der Waals surface area contributed by atoms with Crippen LogP contribution in [0, 0.1) is 0 Å². The smallest absolute Gasteiger partial charge is 0.160 e. The first-order chi connectivity index (χ1) is 22.6. The van der Waals surface area contributed by atoms with E-state index in [4.69, 9.17) is 4.42 Å². The average Bonchev–Trinajstić information content (AvgIpc) is 3.74. The van der Waals surface area contributed by atoms with E-state index >= 15 is 0 Å². The van der Waals surface area contributed by atoms with E-state index in [0.717, 1.165) is 39.0 Å². The third kappa shape index (κ3) is 3.52. The normalized spacial score (nSPS) is 13.6. The zero-order chi connectivity index (χ0) is 30.6. The van der Waals surface area contributed by atoms with Crippen molar-refractivity contribution in [2.45, 2.75) is 19.3 Å². The van der Waals surface area contributed by atoms with Crippen LogP contribution < -0.4 is 4.90 Å². The van der Waals surface area contributed by atoms with Gasteiger partial charge in [0, 0.05) is 47.7 Å². The molecule has 10 rings (SSSR count). The van der Waals surface area contributed by atoms with Crippen molar-refractivity contribution in [3.63, 3.8) is 0 Å². The number of thiophene rings is 1. The molecule has 2 heterocycles. The molecule has 0 unspecified atom stereocenters. The molecule has 2 aromatic heterocycles. The van der Waals surface area contributed by atoms with Gasteiger partial charge in [-0.1, -0.05) is 105 Å². The molecule has 0 radical (unpaired) electrons. The lowest BCUT2D eigenvalue weighted by Gasteiger charge is -2.28. The van der Waals surface area contributed by atoms with Gasteiger partial charge in [0.05, 0.1) is 5.69 Å². The fourth-order valence-corrected chi connectivity index (χ4v) is 8.92. The fourth-order valence-electron chi connectivity index (χ4n) is 7.83. The van der Waals surface area contributed by atoms with Gasteiger partial charge in [0.15, 0.2) is 5.58 Å². The highest BCUT2D eigenvalue weighted by Crippen LogP contribution is 2.52. The number of anilines is 3. The molecule has 0 atom stereocenters.